The van der Waals surface area contributed by atoms with E-state index < -0.39 is 27.1 Å². The highest BCUT2D eigenvalue weighted by atomic mass is 31.1. The van der Waals surface area contributed by atoms with Gasteiger partial charge in [0.25, 0.3) is 8.25 Å². The molecule has 12 heavy (non-hydrogen) atoms. The second-order valence-corrected chi connectivity index (χ2v) is 10.7. The zero-order valence-corrected chi connectivity index (χ0v) is 11.3. The van der Waals surface area contributed by atoms with Crippen molar-refractivity contribution in [2.24, 2.45) is 0 Å². The van der Waals surface area contributed by atoms with Gasteiger partial charge >= 0.3 is 0 Å². The highest BCUT2D eigenvalue weighted by Gasteiger charge is 2.30. The van der Waals surface area contributed by atoms with Gasteiger partial charge in [-0.25, -0.2) is 0 Å². The van der Waals surface area contributed by atoms with Crippen LogP contribution in [0.2, 0.25) is 11.2 Å². The normalized spacial score (nSPS) is 38.7. The molecule has 0 aliphatic carbocycles. The largest absolute Gasteiger partial charge is 0.361 e. The monoisotopic (exact) mass is 224 g/mol. The van der Waals surface area contributed by atoms with Crippen molar-refractivity contribution in [1.82, 2.24) is 0 Å². The van der Waals surface area contributed by atoms with E-state index in [4.69, 9.17) is 8.43 Å². The Morgan fingerprint density at radius 3 is 2.92 bits per heavy atom. The van der Waals surface area contributed by atoms with Gasteiger partial charge in [-0.05, 0) is 11.2 Å². The van der Waals surface area contributed by atoms with Gasteiger partial charge in [-0.3, -0.25) is 4.57 Å². The van der Waals surface area contributed by atoms with Gasteiger partial charge < -0.3 is 8.43 Å². The maximum Gasteiger partial charge on any atom is 0.298 e. The van der Waals surface area contributed by atoms with Crippen LogP contribution >= 0.6 is 8.25 Å². The SMILES string of the molecule is CCC[SiH]1O[PH](=O)O[SiH2]C1CC. The summed E-state index contributed by atoms with van der Waals surface area (Å²) in [6.07, 6.45) is 2.33. The molecule has 72 valence electrons. The Morgan fingerprint density at radius 2 is 2.33 bits per heavy atom. The number of hydrogen-bond acceptors (Lipinski definition) is 3. The quantitative estimate of drug-likeness (QED) is 0.536. The van der Waals surface area contributed by atoms with Crippen LogP contribution in [0.1, 0.15) is 26.7 Å². The fourth-order valence-electron chi connectivity index (χ4n) is 1.50. The average molecular weight is 224 g/mol. The fraction of sp³-hybridized carbons (Fsp3) is 1.00. The summed E-state index contributed by atoms with van der Waals surface area (Å²) in [7, 11) is -3.68. The first-order chi connectivity index (χ1) is 5.77. The molecule has 0 aromatic rings. The van der Waals surface area contributed by atoms with Crippen molar-refractivity contribution in [2.45, 2.75) is 37.9 Å². The predicted octanol–water partition coefficient (Wildman–Crippen LogP) is 1.38. The highest BCUT2D eigenvalue weighted by molar-refractivity contribution is 7.37. The minimum absolute atomic E-state index is 0.523. The van der Waals surface area contributed by atoms with Crippen molar-refractivity contribution in [3.05, 3.63) is 0 Å². The van der Waals surface area contributed by atoms with Crippen LogP contribution in [0.4, 0.5) is 0 Å². The summed E-state index contributed by atoms with van der Waals surface area (Å²) in [6.45, 7) is 4.35. The molecular weight excluding hydrogens is 207 g/mol. The van der Waals surface area contributed by atoms with Crippen LogP contribution in [0.15, 0.2) is 0 Å². The lowest BCUT2D eigenvalue weighted by atomic mass is 10.6. The summed E-state index contributed by atoms with van der Waals surface area (Å²) in [5.74, 6) is 0. The molecule has 6 heteroatoms. The summed E-state index contributed by atoms with van der Waals surface area (Å²) in [4.78, 5) is 0. The van der Waals surface area contributed by atoms with Crippen molar-refractivity contribution < 1.29 is 13.0 Å². The predicted molar refractivity (Wildman–Crippen MR) is 56.0 cm³/mol. The van der Waals surface area contributed by atoms with Gasteiger partial charge in [0.1, 0.15) is 0 Å². The molecule has 0 N–H and O–H groups in total. The second-order valence-electron chi connectivity index (χ2n) is 3.17. The zero-order valence-electron chi connectivity index (χ0n) is 7.71. The van der Waals surface area contributed by atoms with Gasteiger partial charge in [-0.2, -0.15) is 0 Å². The molecule has 0 spiro atoms. The van der Waals surface area contributed by atoms with E-state index in [0.717, 1.165) is 12.8 Å². The Bertz CT molecular complexity index is 167. The van der Waals surface area contributed by atoms with E-state index in [1.165, 1.54) is 6.04 Å². The summed E-state index contributed by atoms with van der Waals surface area (Å²) < 4.78 is 21.6. The van der Waals surface area contributed by atoms with E-state index in [1.807, 2.05) is 0 Å². The third-order valence-corrected chi connectivity index (χ3v) is 11.7. The van der Waals surface area contributed by atoms with Crippen LogP contribution in [0.3, 0.4) is 0 Å². The van der Waals surface area contributed by atoms with Crippen molar-refractivity contribution in [2.75, 3.05) is 0 Å². The molecule has 3 atom stereocenters. The molecule has 0 amide bonds. The van der Waals surface area contributed by atoms with E-state index in [9.17, 15) is 4.57 Å². The minimum Gasteiger partial charge on any atom is -0.361 e. The molecule has 1 aliphatic heterocycles. The Kier molecular flexibility index (Phi) is 4.75. The van der Waals surface area contributed by atoms with Crippen LogP contribution in [0.25, 0.3) is 0 Å². The Labute approximate surface area is 78.5 Å². The third-order valence-electron chi connectivity index (χ3n) is 2.29. The molecular formula is C6H17O3PSi2. The summed E-state index contributed by atoms with van der Waals surface area (Å²) in [5.41, 5.74) is 0. The van der Waals surface area contributed by atoms with Crippen LogP contribution in [-0.2, 0) is 13.0 Å². The van der Waals surface area contributed by atoms with Crippen LogP contribution in [0, 0.1) is 0 Å². The minimum atomic E-state index is -2.03. The third kappa shape index (κ3) is 2.81. The van der Waals surface area contributed by atoms with Gasteiger partial charge in [-0.15, -0.1) is 0 Å². The summed E-state index contributed by atoms with van der Waals surface area (Å²) >= 11 is 0. The molecule has 1 fully saturated rings. The van der Waals surface area contributed by atoms with Crippen molar-refractivity contribution >= 4 is 27.1 Å². The van der Waals surface area contributed by atoms with E-state index >= 15 is 0 Å². The molecule has 0 aromatic carbocycles. The van der Waals surface area contributed by atoms with Crippen molar-refractivity contribution in [3.8, 4) is 0 Å². The zero-order chi connectivity index (χ0) is 8.97. The maximum absolute atomic E-state index is 11.0. The lowest BCUT2D eigenvalue weighted by Gasteiger charge is -2.28. The molecule has 1 aliphatic rings. The average Bonchev–Trinajstić information content (AvgIpc) is 2.05. The molecule has 3 nitrogen and oxygen atoms in total. The molecule has 1 rings (SSSR count). The maximum atomic E-state index is 11.0. The number of hydrogen-bond donors (Lipinski definition) is 0. The summed E-state index contributed by atoms with van der Waals surface area (Å²) in [5, 5.41) is 0.715. The van der Waals surface area contributed by atoms with E-state index in [1.54, 1.807) is 0 Å². The first kappa shape index (κ1) is 10.7. The molecule has 0 radical (unpaired) electrons. The first-order valence-electron chi connectivity index (χ1n) is 4.61. The van der Waals surface area contributed by atoms with Crippen LogP contribution in [0.5, 0.6) is 0 Å². The first-order valence-corrected chi connectivity index (χ1v) is 9.18. The van der Waals surface area contributed by atoms with E-state index in [-0.39, 0.29) is 0 Å². The highest BCUT2D eigenvalue weighted by Crippen LogP contribution is 2.37. The van der Waals surface area contributed by atoms with Crippen molar-refractivity contribution in [3.63, 3.8) is 0 Å². The smallest absolute Gasteiger partial charge is 0.298 e. The molecule has 0 bridgehead atoms. The molecule has 1 heterocycles. The van der Waals surface area contributed by atoms with Gasteiger partial charge in [0, 0.05) is 0 Å². The van der Waals surface area contributed by atoms with E-state index in [0.29, 0.717) is 5.16 Å². The molecule has 0 saturated carbocycles. The molecule has 0 aromatic heterocycles. The summed E-state index contributed by atoms with van der Waals surface area (Å²) in [6, 6.07) is 1.17. The fourth-order valence-corrected chi connectivity index (χ4v) is 11.1. The van der Waals surface area contributed by atoms with E-state index in [2.05, 4.69) is 13.8 Å². The van der Waals surface area contributed by atoms with Gasteiger partial charge in [0.2, 0.25) is 0 Å². The lowest BCUT2D eigenvalue weighted by molar-refractivity contribution is 0.405. The number of rotatable bonds is 3. The van der Waals surface area contributed by atoms with Gasteiger partial charge in [-0.1, -0.05) is 26.7 Å². The van der Waals surface area contributed by atoms with Crippen LogP contribution < -0.4 is 0 Å². The lowest BCUT2D eigenvalue weighted by Crippen LogP contribution is -2.30. The second kappa shape index (κ2) is 5.34. The molecule has 1 saturated heterocycles. The Morgan fingerprint density at radius 1 is 1.58 bits per heavy atom. The van der Waals surface area contributed by atoms with Crippen LogP contribution in [-0.4, -0.2) is 18.8 Å². The van der Waals surface area contributed by atoms with Gasteiger partial charge in [0.15, 0.2) is 18.8 Å². The standard InChI is InChI=1S/C6H17O3PSi2/c1-3-5-12-6(4-2)11-8-10(7)9-12/h6,10,12H,3-5,11H2,1-2H3. The topological polar surface area (TPSA) is 35.5 Å². The molecule has 3 unspecified atom stereocenters. The van der Waals surface area contributed by atoms with Gasteiger partial charge in [0.05, 0.1) is 0 Å². The van der Waals surface area contributed by atoms with Crippen molar-refractivity contribution in [1.29, 1.82) is 0 Å². The Balaban J connectivity index is 2.45. The Hall–Kier alpha value is 0.584.